The lowest BCUT2D eigenvalue weighted by Gasteiger charge is -2.08. The Morgan fingerprint density at radius 2 is 1.83 bits per heavy atom. The Kier molecular flexibility index (Phi) is 4.10. The maximum absolute atomic E-state index is 12.4. The Bertz CT molecular complexity index is 1040. The van der Waals surface area contributed by atoms with Crippen molar-refractivity contribution in [2.75, 3.05) is 4.72 Å². The summed E-state index contributed by atoms with van der Waals surface area (Å²) in [5.74, 6) is -0.857. The summed E-state index contributed by atoms with van der Waals surface area (Å²) < 4.78 is 33.4. The van der Waals surface area contributed by atoms with Gasteiger partial charge in [0.05, 0.1) is 4.90 Å². The van der Waals surface area contributed by atoms with Crippen LogP contribution in [0.15, 0.2) is 56.2 Å². The first-order valence-corrected chi connectivity index (χ1v) is 9.10. The summed E-state index contributed by atoms with van der Waals surface area (Å²) in [5.41, 5.74) is 0.667. The van der Waals surface area contributed by atoms with Gasteiger partial charge in [-0.3, -0.25) is 4.72 Å². The van der Waals surface area contributed by atoms with Crippen molar-refractivity contribution in [1.82, 2.24) is 0 Å². The molecule has 1 heterocycles. The van der Waals surface area contributed by atoms with E-state index in [9.17, 15) is 18.3 Å². The van der Waals surface area contributed by atoms with Gasteiger partial charge in [0.25, 0.3) is 10.0 Å². The summed E-state index contributed by atoms with van der Waals surface area (Å²) in [4.78, 5) is 11.4. The number of rotatable bonds is 4. The number of carboxylic acids is 1. The standard InChI is InChI=1S/C16H12BrNO5S/c1-9-15(16(19)20)13-8-11(4-7-14(13)23-9)18-24(21,22)12-5-2-10(17)3-6-12/h2-8,18H,1H3,(H,19,20). The predicted molar refractivity (Wildman–Crippen MR) is 92.9 cm³/mol. The SMILES string of the molecule is Cc1oc2ccc(NS(=O)(=O)c3ccc(Br)cc3)cc2c1C(=O)O. The Morgan fingerprint density at radius 3 is 2.46 bits per heavy atom. The zero-order chi connectivity index (χ0) is 17.5. The summed E-state index contributed by atoms with van der Waals surface area (Å²) in [7, 11) is -3.77. The molecule has 0 aliphatic heterocycles. The number of carbonyl (C=O) groups is 1. The zero-order valence-corrected chi connectivity index (χ0v) is 14.8. The fourth-order valence-corrected chi connectivity index (χ4v) is 3.69. The Hall–Kier alpha value is -2.32. The van der Waals surface area contributed by atoms with Gasteiger partial charge in [0.2, 0.25) is 0 Å². The van der Waals surface area contributed by atoms with Crippen LogP contribution in [0.2, 0.25) is 0 Å². The van der Waals surface area contributed by atoms with E-state index < -0.39 is 16.0 Å². The van der Waals surface area contributed by atoms with E-state index in [0.717, 1.165) is 4.47 Å². The van der Waals surface area contributed by atoms with Crippen LogP contribution >= 0.6 is 15.9 Å². The molecule has 0 spiro atoms. The first kappa shape index (κ1) is 16.5. The van der Waals surface area contributed by atoms with Crippen LogP contribution < -0.4 is 4.72 Å². The average Bonchev–Trinajstić information content (AvgIpc) is 2.82. The number of benzene rings is 2. The molecule has 0 aliphatic carbocycles. The summed E-state index contributed by atoms with van der Waals surface area (Å²) in [6.07, 6.45) is 0. The Labute approximate surface area is 146 Å². The number of hydrogen-bond donors (Lipinski definition) is 2. The van der Waals surface area contributed by atoms with Gasteiger partial charge in [-0.15, -0.1) is 0 Å². The summed E-state index contributed by atoms with van der Waals surface area (Å²) >= 11 is 3.25. The number of fused-ring (bicyclic) bond motifs is 1. The molecule has 2 N–H and O–H groups in total. The van der Waals surface area contributed by atoms with Crippen molar-refractivity contribution in [3.8, 4) is 0 Å². The second-order valence-corrected chi connectivity index (χ2v) is 7.71. The van der Waals surface area contributed by atoms with Gasteiger partial charge >= 0.3 is 5.97 Å². The topological polar surface area (TPSA) is 96.6 Å². The lowest BCUT2D eigenvalue weighted by Crippen LogP contribution is -2.12. The van der Waals surface area contributed by atoms with Crippen LogP contribution in [-0.2, 0) is 10.0 Å². The van der Waals surface area contributed by atoms with Crippen molar-refractivity contribution in [2.24, 2.45) is 0 Å². The number of sulfonamides is 1. The van der Waals surface area contributed by atoms with Crippen molar-refractivity contribution in [2.45, 2.75) is 11.8 Å². The lowest BCUT2D eigenvalue weighted by molar-refractivity contribution is 0.0697. The van der Waals surface area contributed by atoms with E-state index in [1.165, 1.54) is 30.3 Å². The number of carboxylic acid groups (broad SMARTS) is 1. The highest BCUT2D eigenvalue weighted by atomic mass is 79.9. The molecule has 0 bridgehead atoms. The van der Waals surface area contributed by atoms with Crippen LogP contribution in [0.25, 0.3) is 11.0 Å². The van der Waals surface area contributed by atoms with Crippen LogP contribution in [0, 0.1) is 6.92 Å². The first-order chi connectivity index (χ1) is 11.3. The minimum atomic E-state index is -3.77. The third-order valence-electron chi connectivity index (χ3n) is 3.45. The largest absolute Gasteiger partial charge is 0.478 e. The molecule has 2 aromatic carbocycles. The molecule has 3 rings (SSSR count). The molecule has 0 unspecified atom stereocenters. The normalized spacial score (nSPS) is 11.6. The van der Waals surface area contributed by atoms with E-state index in [0.29, 0.717) is 11.0 Å². The number of hydrogen-bond acceptors (Lipinski definition) is 4. The molecular weight excluding hydrogens is 398 g/mol. The molecule has 8 heteroatoms. The fourth-order valence-electron chi connectivity index (χ4n) is 2.38. The fraction of sp³-hybridized carbons (Fsp3) is 0.0625. The molecular formula is C16H12BrNO5S. The number of aryl methyl sites for hydroxylation is 1. The van der Waals surface area contributed by atoms with E-state index in [1.807, 2.05) is 0 Å². The van der Waals surface area contributed by atoms with Gasteiger partial charge in [0, 0.05) is 15.5 Å². The number of nitrogens with one attached hydrogen (secondary N) is 1. The molecule has 3 aromatic rings. The third-order valence-corrected chi connectivity index (χ3v) is 5.38. The molecule has 0 saturated heterocycles. The highest BCUT2D eigenvalue weighted by molar-refractivity contribution is 9.10. The van der Waals surface area contributed by atoms with E-state index in [1.54, 1.807) is 19.1 Å². The summed E-state index contributed by atoms with van der Waals surface area (Å²) in [6.45, 7) is 1.55. The van der Waals surface area contributed by atoms with Gasteiger partial charge in [0.1, 0.15) is 16.9 Å². The number of aromatic carboxylic acids is 1. The monoisotopic (exact) mass is 409 g/mol. The van der Waals surface area contributed by atoms with Crippen molar-refractivity contribution < 1.29 is 22.7 Å². The van der Waals surface area contributed by atoms with Gasteiger partial charge in [-0.2, -0.15) is 0 Å². The van der Waals surface area contributed by atoms with Crippen LogP contribution in [0.3, 0.4) is 0 Å². The number of anilines is 1. The zero-order valence-electron chi connectivity index (χ0n) is 12.4. The van der Waals surface area contributed by atoms with E-state index in [4.69, 9.17) is 4.42 Å². The molecule has 1 aromatic heterocycles. The van der Waals surface area contributed by atoms with E-state index >= 15 is 0 Å². The van der Waals surface area contributed by atoms with Crippen LogP contribution in [-0.4, -0.2) is 19.5 Å². The van der Waals surface area contributed by atoms with E-state index in [2.05, 4.69) is 20.7 Å². The smallest absolute Gasteiger partial charge is 0.339 e. The molecule has 124 valence electrons. The Morgan fingerprint density at radius 1 is 1.17 bits per heavy atom. The van der Waals surface area contributed by atoms with Gasteiger partial charge < -0.3 is 9.52 Å². The molecule has 6 nitrogen and oxygen atoms in total. The van der Waals surface area contributed by atoms with Crippen LogP contribution in [0.4, 0.5) is 5.69 Å². The van der Waals surface area contributed by atoms with Crippen molar-refractivity contribution in [3.63, 3.8) is 0 Å². The van der Waals surface area contributed by atoms with Crippen molar-refractivity contribution in [1.29, 1.82) is 0 Å². The maximum atomic E-state index is 12.4. The van der Waals surface area contributed by atoms with Gasteiger partial charge in [-0.25, -0.2) is 13.2 Å². The number of furan rings is 1. The van der Waals surface area contributed by atoms with E-state index in [-0.39, 0.29) is 21.9 Å². The highest BCUT2D eigenvalue weighted by Crippen LogP contribution is 2.29. The van der Waals surface area contributed by atoms with Gasteiger partial charge in [0.15, 0.2) is 0 Å². The van der Waals surface area contributed by atoms with Gasteiger partial charge in [-0.1, -0.05) is 15.9 Å². The second-order valence-electron chi connectivity index (χ2n) is 5.11. The van der Waals surface area contributed by atoms with Crippen LogP contribution in [0.1, 0.15) is 16.1 Å². The third kappa shape index (κ3) is 3.02. The molecule has 0 saturated carbocycles. The molecule has 0 radical (unpaired) electrons. The Balaban J connectivity index is 2.02. The van der Waals surface area contributed by atoms with Gasteiger partial charge in [-0.05, 0) is 49.4 Å². The summed E-state index contributed by atoms with van der Waals surface area (Å²) in [5, 5.41) is 9.62. The first-order valence-electron chi connectivity index (χ1n) is 6.83. The van der Waals surface area contributed by atoms with Crippen LogP contribution in [0.5, 0.6) is 0 Å². The highest BCUT2D eigenvalue weighted by Gasteiger charge is 2.19. The average molecular weight is 410 g/mol. The number of halogens is 1. The minimum Gasteiger partial charge on any atom is -0.478 e. The molecule has 0 fully saturated rings. The quantitative estimate of drug-likeness (QED) is 0.678. The minimum absolute atomic E-state index is 0.0229. The maximum Gasteiger partial charge on any atom is 0.339 e. The summed E-state index contributed by atoms with van der Waals surface area (Å²) in [6, 6.07) is 10.7. The van der Waals surface area contributed by atoms with Crippen molar-refractivity contribution >= 4 is 48.6 Å². The van der Waals surface area contributed by atoms with Crippen molar-refractivity contribution in [3.05, 3.63) is 58.3 Å². The second kappa shape index (κ2) is 5.95. The molecule has 24 heavy (non-hydrogen) atoms. The molecule has 0 aliphatic rings. The predicted octanol–water partition coefficient (Wildman–Crippen LogP) is 4.00. The lowest BCUT2D eigenvalue weighted by atomic mass is 10.1. The molecule has 0 atom stereocenters. The molecule has 0 amide bonds.